The number of aliphatic carboxylic acids is 1. The lowest BCUT2D eigenvalue weighted by Crippen LogP contribution is -2.24. The summed E-state index contributed by atoms with van der Waals surface area (Å²) in [6.45, 7) is 2.33. The second-order valence-electron chi connectivity index (χ2n) is 10.7. The van der Waals surface area contributed by atoms with Gasteiger partial charge in [0.05, 0.1) is 11.5 Å². The molecule has 0 saturated heterocycles. The number of rotatable bonds is 24. The van der Waals surface area contributed by atoms with Gasteiger partial charge in [0.25, 0.3) is 0 Å². The van der Waals surface area contributed by atoms with E-state index in [9.17, 15) is 23.2 Å². The minimum absolute atomic E-state index is 0.0935. The van der Waals surface area contributed by atoms with Crippen LogP contribution >= 0.6 is 0 Å². The van der Waals surface area contributed by atoms with Crippen LogP contribution < -0.4 is 5.32 Å². The third-order valence-electron chi connectivity index (χ3n) is 7.23. The van der Waals surface area contributed by atoms with Crippen molar-refractivity contribution in [3.8, 4) is 5.75 Å². The lowest BCUT2D eigenvalue weighted by molar-refractivity contribution is -0.141. The van der Waals surface area contributed by atoms with Gasteiger partial charge in [-0.15, -0.1) is 0 Å². The maximum absolute atomic E-state index is 13.7. The molecule has 0 aliphatic heterocycles. The molecule has 1 aromatic carbocycles. The average Bonchev–Trinajstić information content (AvgIpc) is 2.91. The molecule has 0 aliphatic rings. The molecule has 0 bridgehead atoms. The molecule has 39 heavy (non-hydrogen) atoms. The van der Waals surface area contributed by atoms with E-state index in [1.54, 1.807) is 6.92 Å². The topological polar surface area (TPSA) is 104 Å². The van der Waals surface area contributed by atoms with Gasteiger partial charge in [0.2, 0.25) is 11.7 Å². The Kier molecular flexibility index (Phi) is 18.9. The number of aromatic hydroxyl groups is 1. The Morgan fingerprint density at radius 2 is 1.21 bits per heavy atom. The number of carboxylic acids is 1. The molecule has 1 aromatic rings. The van der Waals surface area contributed by atoms with E-state index in [1.165, 1.54) is 44.9 Å². The lowest BCUT2D eigenvalue weighted by atomic mass is 10.0. The Labute approximate surface area is 233 Å². The van der Waals surface area contributed by atoms with Crippen molar-refractivity contribution in [1.82, 2.24) is 5.32 Å². The van der Waals surface area contributed by atoms with Gasteiger partial charge in [-0.1, -0.05) is 90.4 Å². The molecule has 3 N–H and O–H groups in total. The van der Waals surface area contributed by atoms with Crippen molar-refractivity contribution in [2.75, 3.05) is 6.54 Å². The van der Waals surface area contributed by atoms with Crippen LogP contribution in [0.3, 0.4) is 0 Å². The zero-order valence-corrected chi connectivity index (χ0v) is 23.7. The van der Waals surface area contributed by atoms with Crippen molar-refractivity contribution in [3.63, 3.8) is 0 Å². The summed E-state index contributed by atoms with van der Waals surface area (Å²) in [5.74, 6) is -4.84. The van der Waals surface area contributed by atoms with Crippen LogP contribution in [0.2, 0.25) is 0 Å². The van der Waals surface area contributed by atoms with Crippen LogP contribution in [-0.4, -0.2) is 34.4 Å². The third-order valence-corrected chi connectivity index (χ3v) is 7.23. The first-order valence-corrected chi connectivity index (χ1v) is 14.9. The van der Waals surface area contributed by atoms with Gasteiger partial charge >= 0.3 is 5.97 Å². The largest absolute Gasteiger partial charge is 0.505 e. The van der Waals surface area contributed by atoms with E-state index >= 15 is 0 Å². The summed E-state index contributed by atoms with van der Waals surface area (Å²) in [4.78, 5) is 34.7. The van der Waals surface area contributed by atoms with Crippen LogP contribution in [0.15, 0.2) is 12.1 Å². The van der Waals surface area contributed by atoms with Crippen LogP contribution in [0.1, 0.15) is 139 Å². The molecular formula is C31H49F2NO5. The van der Waals surface area contributed by atoms with Crippen LogP contribution in [0.25, 0.3) is 0 Å². The van der Waals surface area contributed by atoms with Gasteiger partial charge in [-0.3, -0.25) is 14.4 Å². The zero-order valence-electron chi connectivity index (χ0n) is 23.7. The predicted molar refractivity (Wildman–Crippen MR) is 150 cm³/mol. The van der Waals surface area contributed by atoms with E-state index in [2.05, 4.69) is 5.32 Å². The third kappa shape index (κ3) is 16.3. The van der Waals surface area contributed by atoms with Crippen LogP contribution in [0, 0.1) is 17.6 Å². The van der Waals surface area contributed by atoms with Crippen molar-refractivity contribution in [2.24, 2.45) is 5.92 Å². The second-order valence-corrected chi connectivity index (χ2v) is 10.7. The van der Waals surface area contributed by atoms with Crippen molar-refractivity contribution in [1.29, 1.82) is 0 Å². The van der Waals surface area contributed by atoms with Gasteiger partial charge in [0.15, 0.2) is 17.3 Å². The fraction of sp³-hybridized carbons (Fsp3) is 0.710. The molecule has 0 saturated carbocycles. The summed E-state index contributed by atoms with van der Waals surface area (Å²) < 4.78 is 27.1. The highest BCUT2D eigenvalue weighted by molar-refractivity contribution is 5.96. The maximum Gasteiger partial charge on any atom is 0.306 e. The fourth-order valence-electron chi connectivity index (χ4n) is 4.60. The van der Waals surface area contributed by atoms with Gasteiger partial charge < -0.3 is 15.5 Å². The minimum Gasteiger partial charge on any atom is -0.505 e. The number of unbranched alkanes of at least 4 members (excludes halogenated alkanes) is 14. The van der Waals surface area contributed by atoms with Crippen molar-refractivity contribution < 1.29 is 33.4 Å². The quantitative estimate of drug-likeness (QED) is 0.0886. The number of carboxylic acid groups (broad SMARTS) is 1. The van der Waals surface area contributed by atoms with E-state index in [0.29, 0.717) is 25.8 Å². The summed E-state index contributed by atoms with van der Waals surface area (Å²) in [7, 11) is 0. The van der Waals surface area contributed by atoms with Gasteiger partial charge in [0.1, 0.15) is 0 Å². The van der Waals surface area contributed by atoms with E-state index < -0.39 is 29.1 Å². The van der Waals surface area contributed by atoms with Crippen molar-refractivity contribution in [2.45, 2.75) is 129 Å². The van der Waals surface area contributed by atoms with E-state index in [4.69, 9.17) is 10.2 Å². The highest BCUT2D eigenvalue weighted by atomic mass is 19.2. The molecule has 0 radical (unpaired) electrons. The molecule has 1 amide bonds. The first-order chi connectivity index (χ1) is 18.7. The average molecular weight is 554 g/mol. The van der Waals surface area contributed by atoms with Gasteiger partial charge in [-0.05, 0) is 37.8 Å². The second kappa shape index (κ2) is 21.3. The first kappa shape index (κ1) is 34.5. The molecule has 0 unspecified atom stereocenters. The number of carbonyl (C=O) groups excluding carboxylic acids is 2. The number of ketones is 1. The lowest BCUT2D eigenvalue weighted by Gasteiger charge is -2.07. The highest BCUT2D eigenvalue weighted by Crippen LogP contribution is 2.23. The fourth-order valence-corrected chi connectivity index (χ4v) is 4.60. The Morgan fingerprint density at radius 3 is 1.72 bits per heavy atom. The molecule has 8 heteroatoms. The molecule has 0 heterocycles. The maximum atomic E-state index is 13.7. The number of hydrogen-bond donors (Lipinski definition) is 3. The Balaban J connectivity index is 1.84. The number of halogens is 2. The molecule has 1 rings (SSSR count). The summed E-state index contributed by atoms with van der Waals surface area (Å²) in [6, 6.07) is 2.15. The molecule has 222 valence electrons. The normalized spacial score (nSPS) is 11.9. The monoisotopic (exact) mass is 553 g/mol. The molecule has 1 atom stereocenters. The number of benzene rings is 1. The zero-order chi connectivity index (χ0) is 28.9. The summed E-state index contributed by atoms with van der Waals surface area (Å²) in [5, 5.41) is 20.9. The first-order valence-electron chi connectivity index (χ1n) is 14.9. The number of phenolic OH excluding ortho intramolecular Hbond substituents is 1. The van der Waals surface area contributed by atoms with Crippen molar-refractivity contribution in [3.05, 3.63) is 29.3 Å². The SMILES string of the molecule is C[C@@H](CCCCNC(=O)CCCCCCCCCCCCCCCCC(=O)c1ccc(O)c(F)c1F)C(=O)O. The Hall–Kier alpha value is -2.51. The summed E-state index contributed by atoms with van der Waals surface area (Å²) in [5.41, 5.74) is -0.290. The van der Waals surface area contributed by atoms with Gasteiger partial charge in [0, 0.05) is 19.4 Å². The molecule has 6 nitrogen and oxygen atoms in total. The van der Waals surface area contributed by atoms with E-state index in [1.807, 2.05) is 0 Å². The number of Topliss-reactive ketones (excluding diaryl/α,β-unsaturated/α-hetero) is 1. The number of carbonyl (C=O) groups is 3. The smallest absolute Gasteiger partial charge is 0.306 e. The summed E-state index contributed by atoms with van der Waals surface area (Å²) in [6.07, 6.45) is 18.5. The molecule has 0 spiro atoms. The van der Waals surface area contributed by atoms with Crippen LogP contribution in [-0.2, 0) is 9.59 Å². The standard InChI is InChI=1S/C31H49F2NO5/c1-24(31(38)39)18-16-17-23-34-28(37)20-15-13-11-9-7-5-3-2-4-6-8-10-12-14-19-26(35)25-21-22-27(36)30(33)29(25)32/h21-22,24,36H,2-20,23H2,1H3,(H,34,37)(H,38,39)/t24-/m0/s1. The van der Waals surface area contributed by atoms with Crippen LogP contribution in [0.5, 0.6) is 5.75 Å². The van der Waals surface area contributed by atoms with Gasteiger partial charge in [-0.2, -0.15) is 4.39 Å². The van der Waals surface area contributed by atoms with Crippen molar-refractivity contribution >= 4 is 17.7 Å². The number of hydrogen-bond acceptors (Lipinski definition) is 4. The molecule has 0 aromatic heterocycles. The minimum atomic E-state index is -1.37. The Morgan fingerprint density at radius 1 is 0.718 bits per heavy atom. The molecule has 0 fully saturated rings. The highest BCUT2D eigenvalue weighted by Gasteiger charge is 2.17. The van der Waals surface area contributed by atoms with Gasteiger partial charge in [-0.25, -0.2) is 4.39 Å². The van der Waals surface area contributed by atoms with E-state index in [0.717, 1.165) is 63.5 Å². The van der Waals surface area contributed by atoms with E-state index in [-0.39, 0.29) is 23.8 Å². The number of nitrogens with one attached hydrogen (secondary N) is 1. The number of amides is 1. The molecular weight excluding hydrogens is 504 g/mol. The number of phenols is 1. The van der Waals surface area contributed by atoms with Crippen LogP contribution in [0.4, 0.5) is 8.78 Å². The summed E-state index contributed by atoms with van der Waals surface area (Å²) >= 11 is 0. The Bertz CT molecular complexity index is 862. The molecule has 0 aliphatic carbocycles. The predicted octanol–water partition coefficient (Wildman–Crippen LogP) is 8.10.